The van der Waals surface area contributed by atoms with Crippen molar-refractivity contribution in [2.75, 3.05) is 37.0 Å². The van der Waals surface area contributed by atoms with Crippen molar-refractivity contribution in [3.63, 3.8) is 0 Å². The van der Waals surface area contributed by atoms with Crippen LogP contribution in [0.5, 0.6) is 0 Å². The summed E-state index contributed by atoms with van der Waals surface area (Å²) in [6.45, 7) is 3.00. The molecule has 0 radical (unpaired) electrons. The largest absolute Gasteiger partial charge is 0.464 e. The first kappa shape index (κ1) is 18.3. The van der Waals surface area contributed by atoms with Crippen LogP contribution in [0.4, 0.5) is 11.9 Å². The van der Waals surface area contributed by atoms with E-state index < -0.39 is 0 Å². The van der Waals surface area contributed by atoms with Crippen LogP contribution in [0.15, 0.2) is 16.5 Å². The number of anilines is 2. The highest BCUT2D eigenvalue weighted by Crippen LogP contribution is 2.16. The Labute approximate surface area is 146 Å². The predicted octanol–water partition coefficient (Wildman–Crippen LogP) is 1.77. The van der Waals surface area contributed by atoms with Crippen LogP contribution in [0.25, 0.3) is 0 Å². The summed E-state index contributed by atoms with van der Waals surface area (Å²) in [4.78, 5) is 17.3. The smallest absolute Gasteiger partial charge is 0.250 e. The van der Waals surface area contributed by atoms with Crippen molar-refractivity contribution in [1.29, 1.82) is 0 Å². The number of aromatic nitrogens is 3. The van der Waals surface area contributed by atoms with E-state index in [1.165, 1.54) is 6.92 Å². The van der Waals surface area contributed by atoms with Gasteiger partial charge in [-0.3, -0.25) is 10.1 Å². The van der Waals surface area contributed by atoms with Crippen LogP contribution in [-0.4, -0.2) is 52.0 Å². The summed E-state index contributed by atoms with van der Waals surface area (Å²) in [5.41, 5.74) is 0. The first-order chi connectivity index (χ1) is 11.4. The van der Waals surface area contributed by atoms with Crippen LogP contribution in [0, 0.1) is 0 Å². The number of carbonyl (C=O) groups is 1. The summed E-state index contributed by atoms with van der Waals surface area (Å²) in [6, 6.07) is 4.05. The number of aryl methyl sites for hydroxylation is 1. The van der Waals surface area contributed by atoms with Gasteiger partial charge in [-0.05, 0) is 26.2 Å². The molecule has 8 nitrogen and oxygen atoms in total. The van der Waals surface area contributed by atoms with E-state index >= 15 is 0 Å². The lowest BCUT2D eigenvalue weighted by atomic mass is 10.4. The zero-order chi connectivity index (χ0) is 17.5. The normalized spacial score (nSPS) is 11.0. The molecule has 2 aromatic heterocycles. The highest BCUT2D eigenvalue weighted by molar-refractivity contribution is 7.98. The van der Waals surface area contributed by atoms with E-state index in [0.717, 1.165) is 36.1 Å². The number of hydrogen-bond donors (Lipinski definition) is 2. The van der Waals surface area contributed by atoms with Gasteiger partial charge in [0.2, 0.25) is 11.9 Å². The molecule has 0 atom stereocenters. The van der Waals surface area contributed by atoms with Gasteiger partial charge in [-0.1, -0.05) is 0 Å². The van der Waals surface area contributed by atoms with Crippen molar-refractivity contribution in [2.45, 2.75) is 19.2 Å². The molecule has 2 heterocycles. The maximum atomic E-state index is 11.0. The fraction of sp³-hybridized carbons (Fsp3) is 0.533. The summed E-state index contributed by atoms with van der Waals surface area (Å²) >= 11 is 1.78. The van der Waals surface area contributed by atoms with Crippen LogP contribution in [0.3, 0.4) is 0 Å². The fourth-order valence-corrected chi connectivity index (χ4v) is 2.80. The molecule has 24 heavy (non-hydrogen) atoms. The Morgan fingerprint density at radius 2 is 2.12 bits per heavy atom. The number of nitrogens with one attached hydrogen (secondary N) is 2. The maximum Gasteiger partial charge on any atom is 0.250 e. The van der Waals surface area contributed by atoms with Crippen molar-refractivity contribution in [3.05, 3.63) is 23.7 Å². The van der Waals surface area contributed by atoms with Crippen LogP contribution < -0.4 is 10.6 Å². The molecule has 0 bridgehead atoms. The summed E-state index contributed by atoms with van der Waals surface area (Å²) in [7, 11) is 5.82. The molecule has 132 valence electrons. The van der Waals surface area contributed by atoms with Crippen molar-refractivity contribution in [1.82, 2.24) is 19.7 Å². The van der Waals surface area contributed by atoms with Gasteiger partial charge in [0.1, 0.15) is 11.5 Å². The number of thioether (sulfide) groups is 1. The topological polar surface area (TPSA) is 88.2 Å². The van der Waals surface area contributed by atoms with E-state index in [9.17, 15) is 4.79 Å². The molecule has 9 heteroatoms. The minimum atomic E-state index is -0.185. The lowest BCUT2D eigenvalue weighted by Crippen LogP contribution is -2.09. The van der Waals surface area contributed by atoms with Crippen molar-refractivity contribution in [3.8, 4) is 0 Å². The SMILES string of the molecule is CC(=O)Nc1nc(NCCSCc2ccc(CN(C)C)o2)n(C)n1. The Morgan fingerprint density at radius 1 is 1.38 bits per heavy atom. The van der Waals surface area contributed by atoms with Gasteiger partial charge in [0, 0.05) is 26.3 Å². The van der Waals surface area contributed by atoms with Crippen molar-refractivity contribution in [2.24, 2.45) is 7.05 Å². The lowest BCUT2D eigenvalue weighted by molar-refractivity contribution is -0.114. The zero-order valence-electron chi connectivity index (χ0n) is 14.5. The molecule has 0 aliphatic heterocycles. The summed E-state index contributed by atoms with van der Waals surface area (Å²) in [5, 5.41) is 9.87. The maximum absolute atomic E-state index is 11.0. The molecule has 0 spiro atoms. The molecule has 0 aliphatic rings. The van der Waals surface area contributed by atoms with Crippen LogP contribution in [0.2, 0.25) is 0 Å². The Hall–Kier alpha value is -2.00. The second-order valence-corrected chi connectivity index (χ2v) is 6.75. The zero-order valence-corrected chi connectivity index (χ0v) is 15.3. The number of hydrogen-bond acceptors (Lipinski definition) is 7. The summed E-state index contributed by atoms with van der Waals surface area (Å²) < 4.78 is 7.38. The average molecular weight is 352 g/mol. The molecule has 0 aromatic carbocycles. The van der Waals surface area contributed by atoms with Gasteiger partial charge in [-0.2, -0.15) is 16.7 Å². The highest BCUT2D eigenvalue weighted by atomic mass is 32.2. The Balaban J connectivity index is 1.69. The lowest BCUT2D eigenvalue weighted by Gasteiger charge is -2.06. The number of carbonyl (C=O) groups excluding carboxylic acids is 1. The van der Waals surface area contributed by atoms with Crippen LogP contribution >= 0.6 is 11.8 Å². The second kappa shape index (κ2) is 8.74. The highest BCUT2D eigenvalue weighted by Gasteiger charge is 2.08. The third-order valence-corrected chi connectivity index (χ3v) is 4.00. The molecule has 2 N–H and O–H groups in total. The van der Waals surface area contributed by atoms with E-state index in [2.05, 4.69) is 25.6 Å². The molecule has 2 rings (SSSR count). The van der Waals surface area contributed by atoms with Gasteiger partial charge in [0.25, 0.3) is 5.95 Å². The van der Waals surface area contributed by atoms with Gasteiger partial charge < -0.3 is 14.6 Å². The van der Waals surface area contributed by atoms with E-state index in [4.69, 9.17) is 4.42 Å². The molecule has 2 aromatic rings. The minimum absolute atomic E-state index is 0.185. The monoisotopic (exact) mass is 352 g/mol. The predicted molar refractivity (Wildman–Crippen MR) is 96.1 cm³/mol. The van der Waals surface area contributed by atoms with Gasteiger partial charge in [0.05, 0.1) is 12.3 Å². The average Bonchev–Trinajstić information content (AvgIpc) is 3.04. The Morgan fingerprint density at radius 3 is 2.83 bits per heavy atom. The number of amides is 1. The fourth-order valence-electron chi connectivity index (χ4n) is 2.05. The van der Waals surface area contributed by atoms with Gasteiger partial charge in [0.15, 0.2) is 0 Å². The van der Waals surface area contributed by atoms with E-state index in [-0.39, 0.29) is 5.91 Å². The van der Waals surface area contributed by atoms with E-state index in [1.807, 2.05) is 26.2 Å². The quantitative estimate of drug-likeness (QED) is 0.665. The molecular formula is C15H24N6O2S. The molecule has 0 saturated carbocycles. The first-order valence-corrected chi connectivity index (χ1v) is 8.82. The van der Waals surface area contributed by atoms with Crippen molar-refractivity contribution >= 4 is 29.6 Å². The van der Waals surface area contributed by atoms with E-state index in [1.54, 1.807) is 23.5 Å². The van der Waals surface area contributed by atoms with E-state index in [0.29, 0.717) is 11.9 Å². The third kappa shape index (κ3) is 5.89. The van der Waals surface area contributed by atoms with Crippen LogP contribution in [0.1, 0.15) is 18.4 Å². The van der Waals surface area contributed by atoms with Crippen molar-refractivity contribution < 1.29 is 9.21 Å². The molecular weight excluding hydrogens is 328 g/mol. The number of rotatable bonds is 9. The van der Waals surface area contributed by atoms with Crippen LogP contribution in [-0.2, 0) is 24.1 Å². The van der Waals surface area contributed by atoms with Gasteiger partial charge >= 0.3 is 0 Å². The number of nitrogens with zero attached hydrogens (tertiary/aromatic N) is 4. The Kier molecular flexibility index (Phi) is 6.68. The summed E-state index contributed by atoms with van der Waals surface area (Å²) in [6.07, 6.45) is 0. The second-order valence-electron chi connectivity index (χ2n) is 5.65. The first-order valence-electron chi connectivity index (χ1n) is 7.66. The molecule has 0 aliphatic carbocycles. The standard InChI is InChI=1S/C15H24N6O2S/c1-11(22)17-14-18-15(21(4)19-14)16-7-8-24-10-13-6-5-12(23-13)9-20(2)3/h5-6H,7-10H2,1-4H3,(H2,16,17,18,19,22). The third-order valence-electron chi connectivity index (χ3n) is 3.01. The Bertz CT molecular complexity index is 667. The number of furan rings is 1. The molecule has 0 saturated heterocycles. The summed E-state index contributed by atoms with van der Waals surface area (Å²) in [5.74, 6) is 4.48. The minimum Gasteiger partial charge on any atom is -0.464 e. The van der Waals surface area contributed by atoms with Gasteiger partial charge in [-0.15, -0.1) is 5.10 Å². The molecule has 0 unspecified atom stereocenters. The van der Waals surface area contributed by atoms with Gasteiger partial charge in [-0.25, -0.2) is 4.68 Å². The molecule has 1 amide bonds. The molecule has 0 fully saturated rings.